The van der Waals surface area contributed by atoms with Crippen LogP contribution in [-0.4, -0.2) is 30.1 Å². The second kappa shape index (κ2) is 9.45. The van der Waals surface area contributed by atoms with E-state index >= 15 is 0 Å². The molecule has 4 aromatic rings. The molecule has 1 heterocycles. The summed E-state index contributed by atoms with van der Waals surface area (Å²) in [7, 11) is 3.02. The highest BCUT2D eigenvalue weighted by Crippen LogP contribution is 2.34. The number of hydrogen-bond donors (Lipinski definition) is 0. The zero-order valence-corrected chi connectivity index (χ0v) is 20.1. The number of para-hydroxylation sites is 1. The number of nitrogens with zero attached hydrogens (tertiary/aromatic N) is 3. The lowest BCUT2D eigenvalue weighted by Gasteiger charge is -2.12. The van der Waals surface area contributed by atoms with Crippen molar-refractivity contribution < 1.29 is 22.6 Å². The van der Waals surface area contributed by atoms with Gasteiger partial charge in [-0.15, -0.1) is 0 Å². The first-order chi connectivity index (χ1) is 16.2. The molecule has 1 aromatic heterocycles. The summed E-state index contributed by atoms with van der Waals surface area (Å²) < 4.78 is 52.4. The highest BCUT2D eigenvalue weighted by atomic mass is 127. The third-order valence-electron chi connectivity index (χ3n) is 4.98. The fourth-order valence-corrected chi connectivity index (χ4v) is 4.23. The summed E-state index contributed by atoms with van der Waals surface area (Å²) in [6, 6.07) is 14.7. The average Bonchev–Trinajstić information content (AvgIpc) is 2.82. The standard InChI is InChI=1S/C24H17F3IN3O3/c1-33-20-11-14(10-18(28)21(20)34-2)13-29-31-22(15-6-5-7-16(12-15)24(25,26)27)30-19-9-4-3-8-17(19)23(31)32/h3-13H,1-2H3. The maximum absolute atomic E-state index is 13.3. The molecule has 4 rings (SSSR count). The molecule has 0 saturated carbocycles. The molecule has 6 nitrogen and oxygen atoms in total. The number of aromatic nitrogens is 2. The van der Waals surface area contributed by atoms with Crippen LogP contribution in [0, 0.1) is 3.57 Å². The number of rotatable bonds is 5. The van der Waals surface area contributed by atoms with Crippen LogP contribution in [-0.2, 0) is 6.18 Å². The topological polar surface area (TPSA) is 65.7 Å². The van der Waals surface area contributed by atoms with E-state index in [0.29, 0.717) is 22.6 Å². The van der Waals surface area contributed by atoms with Crippen LogP contribution in [0.25, 0.3) is 22.3 Å². The predicted molar refractivity (Wildman–Crippen MR) is 132 cm³/mol. The zero-order chi connectivity index (χ0) is 24.5. The maximum atomic E-state index is 13.3. The van der Waals surface area contributed by atoms with Crippen molar-refractivity contribution in [1.82, 2.24) is 9.66 Å². The van der Waals surface area contributed by atoms with Crippen LogP contribution in [0.4, 0.5) is 13.2 Å². The Hall–Kier alpha value is -3.41. The van der Waals surface area contributed by atoms with E-state index in [1.165, 1.54) is 32.6 Å². The van der Waals surface area contributed by atoms with E-state index in [-0.39, 0.29) is 16.8 Å². The number of methoxy groups -OCH3 is 2. The van der Waals surface area contributed by atoms with Crippen LogP contribution in [0.3, 0.4) is 0 Å². The summed E-state index contributed by atoms with van der Waals surface area (Å²) in [5, 5.41) is 4.59. The second-order valence-electron chi connectivity index (χ2n) is 7.13. The molecule has 0 unspecified atom stereocenters. The van der Waals surface area contributed by atoms with Crippen molar-refractivity contribution in [3.05, 3.63) is 85.7 Å². The fraction of sp³-hybridized carbons (Fsp3) is 0.125. The van der Waals surface area contributed by atoms with E-state index in [1.54, 1.807) is 36.4 Å². The van der Waals surface area contributed by atoms with Crippen LogP contribution in [0.15, 0.2) is 70.6 Å². The molecule has 0 fully saturated rings. The van der Waals surface area contributed by atoms with Crippen LogP contribution in [0.2, 0.25) is 0 Å². The van der Waals surface area contributed by atoms with Gasteiger partial charge in [0.2, 0.25) is 0 Å². The molecule has 0 amide bonds. The summed E-state index contributed by atoms with van der Waals surface area (Å²) in [5.41, 5.74) is -0.303. The van der Waals surface area contributed by atoms with E-state index in [0.717, 1.165) is 20.4 Å². The molecule has 174 valence electrons. The minimum Gasteiger partial charge on any atom is -0.493 e. The Morgan fingerprint density at radius 1 is 1.03 bits per heavy atom. The third-order valence-corrected chi connectivity index (χ3v) is 5.78. The molecular weight excluding hydrogens is 562 g/mol. The third kappa shape index (κ3) is 4.63. The van der Waals surface area contributed by atoms with Gasteiger partial charge in [0, 0.05) is 5.56 Å². The fourth-order valence-electron chi connectivity index (χ4n) is 3.39. The molecule has 0 aliphatic rings. The first-order valence-electron chi connectivity index (χ1n) is 9.88. The highest BCUT2D eigenvalue weighted by molar-refractivity contribution is 14.1. The average molecular weight is 579 g/mol. The number of alkyl halides is 3. The Labute approximate surface area is 205 Å². The Morgan fingerprint density at radius 2 is 1.79 bits per heavy atom. The van der Waals surface area contributed by atoms with Gasteiger partial charge in [0.25, 0.3) is 5.56 Å². The molecule has 0 bridgehead atoms. The van der Waals surface area contributed by atoms with Gasteiger partial charge in [-0.2, -0.15) is 22.9 Å². The molecule has 0 spiro atoms. The van der Waals surface area contributed by atoms with Gasteiger partial charge < -0.3 is 9.47 Å². The van der Waals surface area contributed by atoms with E-state index in [1.807, 2.05) is 0 Å². The number of halogens is 4. The van der Waals surface area contributed by atoms with Crippen molar-refractivity contribution in [3.63, 3.8) is 0 Å². The number of fused-ring (bicyclic) bond motifs is 1. The van der Waals surface area contributed by atoms with Gasteiger partial charge in [-0.05, 0) is 64.6 Å². The maximum Gasteiger partial charge on any atom is 0.416 e. The van der Waals surface area contributed by atoms with Gasteiger partial charge in [-0.1, -0.05) is 24.3 Å². The lowest BCUT2D eigenvalue weighted by atomic mass is 10.1. The molecular formula is C24H17F3IN3O3. The molecule has 0 radical (unpaired) electrons. The van der Waals surface area contributed by atoms with Crippen LogP contribution < -0.4 is 15.0 Å². The lowest BCUT2D eigenvalue weighted by Crippen LogP contribution is -2.20. The Bertz CT molecular complexity index is 1470. The molecule has 0 N–H and O–H groups in total. The SMILES string of the molecule is COc1cc(C=Nn2c(-c3cccc(C(F)(F)F)c3)nc3ccccc3c2=O)cc(I)c1OC. The highest BCUT2D eigenvalue weighted by Gasteiger charge is 2.31. The summed E-state index contributed by atoms with van der Waals surface area (Å²) in [4.78, 5) is 17.7. The first kappa shape index (κ1) is 23.7. The van der Waals surface area contributed by atoms with Gasteiger partial charge >= 0.3 is 6.18 Å². The monoisotopic (exact) mass is 579 g/mol. The van der Waals surface area contributed by atoms with Gasteiger partial charge in [0.15, 0.2) is 17.3 Å². The second-order valence-corrected chi connectivity index (χ2v) is 8.29. The quantitative estimate of drug-likeness (QED) is 0.229. The van der Waals surface area contributed by atoms with Gasteiger partial charge in [0.1, 0.15) is 0 Å². The number of benzene rings is 3. The Kier molecular flexibility index (Phi) is 6.60. The van der Waals surface area contributed by atoms with Gasteiger partial charge in [-0.3, -0.25) is 4.79 Å². The Balaban J connectivity index is 1.92. The lowest BCUT2D eigenvalue weighted by molar-refractivity contribution is -0.137. The van der Waals surface area contributed by atoms with Crippen molar-refractivity contribution in [2.75, 3.05) is 14.2 Å². The van der Waals surface area contributed by atoms with Crippen molar-refractivity contribution in [1.29, 1.82) is 0 Å². The van der Waals surface area contributed by atoms with Gasteiger partial charge in [-0.25, -0.2) is 4.98 Å². The molecule has 3 aromatic carbocycles. The normalized spacial score (nSPS) is 11.8. The van der Waals surface area contributed by atoms with E-state index < -0.39 is 17.3 Å². The molecule has 10 heteroatoms. The van der Waals surface area contributed by atoms with Crippen molar-refractivity contribution in [3.8, 4) is 22.9 Å². The summed E-state index contributed by atoms with van der Waals surface area (Å²) in [5.74, 6) is 1.01. The first-order valence-corrected chi connectivity index (χ1v) is 11.0. The van der Waals surface area contributed by atoms with Crippen molar-refractivity contribution >= 4 is 39.7 Å². The van der Waals surface area contributed by atoms with Crippen molar-refractivity contribution in [2.45, 2.75) is 6.18 Å². The van der Waals surface area contributed by atoms with Crippen LogP contribution >= 0.6 is 22.6 Å². The molecule has 0 aliphatic heterocycles. The number of hydrogen-bond acceptors (Lipinski definition) is 5. The molecule has 0 aliphatic carbocycles. The molecule has 34 heavy (non-hydrogen) atoms. The smallest absolute Gasteiger partial charge is 0.416 e. The van der Waals surface area contributed by atoms with Crippen molar-refractivity contribution in [2.24, 2.45) is 5.10 Å². The Morgan fingerprint density at radius 3 is 2.50 bits per heavy atom. The largest absolute Gasteiger partial charge is 0.493 e. The minimum absolute atomic E-state index is 0.0128. The van der Waals surface area contributed by atoms with E-state index in [2.05, 4.69) is 32.7 Å². The molecule has 0 saturated heterocycles. The predicted octanol–water partition coefficient (Wildman–Crippen LogP) is 5.59. The minimum atomic E-state index is -4.54. The van der Waals surface area contributed by atoms with Gasteiger partial charge in [0.05, 0.1) is 40.5 Å². The van der Waals surface area contributed by atoms with Crippen LogP contribution in [0.5, 0.6) is 11.5 Å². The van der Waals surface area contributed by atoms with E-state index in [4.69, 9.17) is 9.47 Å². The zero-order valence-electron chi connectivity index (χ0n) is 17.9. The van der Waals surface area contributed by atoms with E-state index in [9.17, 15) is 18.0 Å². The summed E-state index contributed by atoms with van der Waals surface area (Å²) >= 11 is 2.08. The summed E-state index contributed by atoms with van der Waals surface area (Å²) in [6.07, 6.45) is -3.13. The van der Waals surface area contributed by atoms with Crippen LogP contribution in [0.1, 0.15) is 11.1 Å². The summed E-state index contributed by atoms with van der Waals surface area (Å²) in [6.45, 7) is 0. The number of ether oxygens (including phenoxy) is 2. The molecule has 0 atom stereocenters.